The Kier molecular flexibility index (Phi) is 6.95. The van der Waals surface area contributed by atoms with E-state index in [0.717, 1.165) is 11.1 Å². The first-order chi connectivity index (χ1) is 12.2. The number of ether oxygens (including phenoxy) is 1. The van der Waals surface area contributed by atoms with Gasteiger partial charge in [0.05, 0.1) is 7.11 Å². The molecule has 25 heavy (non-hydrogen) atoms. The van der Waals surface area contributed by atoms with E-state index in [1.54, 1.807) is 30.4 Å². The zero-order chi connectivity index (χ0) is 17.9. The summed E-state index contributed by atoms with van der Waals surface area (Å²) in [6.45, 7) is 0. The van der Waals surface area contributed by atoms with Gasteiger partial charge in [-0.15, -0.1) is 0 Å². The normalized spacial score (nSPS) is 11.2. The number of methoxy groups -OCH3 is 1. The van der Waals surface area contributed by atoms with Crippen LogP contribution in [-0.4, -0.2) is 19.0 Å². The van der Waals surface area contributed by atoms with E-state index in [4.69, 9.17) is 0 Å². The van der Waals surface area contributed by atoms with Crippen LogP contribution in [0.2, 0.25) is 0 Å². The highest BCUT2D eigenvalue weighted by Crippen LogP contribution is 2.12. The third-order valence-electron chi connectivity index (χ3n) is 3.21. The van der Waals surface area contributed by atoms with Crippen LogP contribution in [0.5, 0.6) is 0 Å². The van der Waals surface area contributed by atoms with E-state index >= 15 is 0 Å². The molecule has 0 heterocycles. The molecule has 2 aromatic carbocycles. The summed E-state index contributed by atoms with van der Waals surface area (Å²) in [5.41, 5.74) is 2.50. The fraction of sp³-hybridized carbons (Fsp3) is 0.0476. The number of benzene rings is 2. The molecule has 0 aromatic heterocycles. The lowest BCUT2D eigenvalue weighted by atomic mass is 10.2. The standard InChI is InChI=1S/C21H19NO3/c1-25-21(24)15-14-18-11-7-12-19(16-18)22-20(23)13-6-5-10-17-8-3-2-4-9-17/h2-16H,1H3,(H,22,23)/b10-5+,13-6+,15-14+. The predicted molar refractivity (Wildman–Crippen MR) is 101 cm³/mol. The van der Waals surface area contributed by atoms with Crippen molar-refractivity contribution >= 4 is 29.7 Å². The predicted octanol–water partition coefficient (Wildman–Crippen LogP) is 4.08. The van der Waals surface area contributed by atoms with Crippen LogP contribution in [0.25, 0.3) is 12.2 Å². The van der Waals surface area contributed by atoms with Crippen molar-refractivity contribution < 1.29 is 14.3 Å². The largest absolute Gasteiger partial charge is 0.466 e. The first-order valence-electron chi connectivity index (χ1n) is 7.74. The van der Waals surface area contributed by atoms with Gasteiger partial charge in [0.2, 0.25) is 5.91 Å². The Bertz CT molecular complexity index is 805. The summed E-state index contributed by atoms with van der Waals surface area (Å²) in [5, 5.41) is 2.77. The second-order valence-corrected chi connectivity index (χ2v) is 5.10. The van der Waals surface area contributed by atoms with Gasteiger partial charge < -0.3 is 10.1 Å². The molecular weight excluding hydrogens is 314 g/mol. The van der Waals surface area contributed by atoms with Gasteiger partial charge >= 0.3 is 5.97 Å². The van der Waals surface area contributed by atoms with Gasteiger partial charge in [0.25, 0.3) is 0 Å². The highest BCUT2D eigenvalue weighted by Gasteiger charge is 1.98. The maximum atomic E-state index is 11.9. The molecule has 1 amide bonds. The van der Waals surface area contributed by atoms with Crippen LogP contribution in [0.4, 0.5) is 5.69 Å². The molecule has 0 spiro atoms. The third-order valence-corrected chi connectivity index (χ3v) is 3.21. The molecule has 0 saturated heterocycles. The summed E-state index contributed by atoms with van der Waals surface area (Å²) in [5.74, 6) is -0.658. The Hall–Kier alpha value is -3.40. The van der Waals surface area contributed by atoms with Gasteiger partial charge in [-0.25, -0.2) is 4.79 Å². The van der Waals surface area contributed by atoms with Crippen molar-refractivity contribution in [3.63, 3.8) is 0 Å². The fourth-order valence-electron chi connectivity index (χ4n) is 2.01. The minimum absolute atomic E-state index is 0.230. The zero-order valence-corrected chi connectivity index (χ0v) is 13.9. The van der Waals surface area contributed by atoms with E-state index in [0.29, 0.717) is 5.69 Å². The van der Waals surface area contributed by atoms with Gasteiger partial charge in [-0.1, -0.05) is 60.7 Å². The maximum Gasteiger partial charge on any atom is 0.330 e. The van der Waals surface area contributed by atoms with Crippen LogP contribution >= 0.6 is 0 Å². The Morgan fingerprint density at radius 1 is 0.880 bits per heavy atom. The van der Waals surface area contributed by atoms with Crippen molar-refractivity contribution in [3.05, 3.63) is 90.0 Å². The number of esters is 1. The van der Waals surface area contributed by atoms with Gasteiger partial charge in [-0.05, 0) is 29.3 Å². The molecule has 0 saturated carbocycles. The number of carbonyl (C=O) groups is 2. The SMILES string of the molecule is COC(=O)/C=C/c1cccc(NC(=O)/C=C/C=C/c2ccccc2)c1. The summed E-state index contributed by atoms with van der Waals surface area (Å²) >= 11 is 0. The average molecular weight is 333 g/mol. The Balaban J connectivity index is 1.92. The number of anilines is 1. The Morgan fingerprint density at radius 2 is 1.64 bits per heavy atom. The number of hydrogen-bond acceptors (Lipinski definition) is 3. The van der Waals surface area contributed by atoms with Crippen LogP contribution < -0.4 is 5.32 Å². The molecule has 126 valence electrons. The Labute approximate surface area is 147 Å². The van der Waals surface area contributed by atoms with Gasteiger partial charge in [0, 0.05) is 17.8 Å². The highest BCUT2D eigenvalue weighted by atomic mass is 16.5. The number of carbonyl (C=O) groups excluding carboxylic acids is 2. The number of rotatable bonds is 6. The molecule has 2 rings (SSSR count). The lowest BCUT2D eigenvalue weighted by Crippen LogP contribution is -2.07. The summed E-state index contributed by atoms with van der Waals surface area (Å²) < 4.78 is 4.54. The van der Waals surface area contributed by atoms with E-state index in [9.17, 15) is 9.59 Å². The smallest absolute Gasteiger partial charge is 0.330 e. The van der Waals surface area contributed by atoms with Gasteiger partial charge in [0.15, 0.2) is 0 Å². The molecule has 0 unspecified atom stereocenters. The number of allylic oxidation sites excluding steroid dienone is 2. The second kappa shape index (κ2) is 9.67. The first kappa shape index (κ1) is 17.9. The second-order valence-electron chi connectivity index (χ2n) is 5.10. The quantitative estimate of drug-likeness (QED) is 0.492. The minimum Gasteiger partial charge on any atom is -0.466 e. The van der Waals surface area contributed by atoms with Gasteiger partial charge in [0.1, 0.15) is 0 Å². The van der Waals surface area contributed by atoms with E-state index in [1.165, 1.54) is 19.3 Å². The lowest BCUT2D eigenvalue weighted by molar-refractivity contribution is -0.134. The van der Waals surface area contributed by atoms with E-state index in [-0.39, 0.29) is 5.91 Å². The molecule has 0 aliphatic heterocycles. The molecule has 0 radical (unpaired) electrons. The Morgan fingerprint density at radius 3 is 2.40 bits per heavy atom. The number of nitrogens with one attached hydrogen (secondary N) is 1. The van der Waals surface area contributed by atoms with Crippen LogP contribution in [-0.2, 0) is 14.3 Å². The fourth-order valence-corrected chi connectivity index (χ4v) is 2.01. The van der Waals surface area contributed by atoms with Crippen LogP contribution in [0.1, 0.15) is 11.1 Å². The molecule has 0 bridgehead atoms. The van der Waals surface area contributed by atoms with Crippen molar-refractivity contribution in [2.75, 3.05) is 12.4 Å². The highest BCUT2D eigenvalue weighted by molar-refractivity contribution is 5.99. The topological polar surface area (TPSA) is 55.4 Å². The molecule has 2 aromatic rings. The zero-order valence-electron chi connectivity index (χ0n) is 13.9. The summed E-state index contributed by atoms with van der Waals surface area (Å²) in [6, 6.07) is 17.0. The molecule has 0 atom stereocenters. The minimum atomic E-state index is -0.428. The molecular formula is C21H19NO3. The van der Waals surface area contributed by atoms with E-state index < -0.39 is 5.97 Å². The lowest BCUT2D eigenvalue weighted by Gasteiger charge is -2.03. The molecule has 0 aliphatic rings. The van der Waals surface area contributed by atoms with Crippen molar-refractivity contribution in [3.8, 4) is 0 Å². The van der Waals surface area contributed by atoms with Crippen LogP contribution in [0, 0.1) is 0 Å². The number of amides is 1. The van der Waals surface area contributed by atoms with Crippen molar-refractivity contribution in [1.82, 2.24) is 0 Å². The molecule has 0 fully saturated rings. The summed E-state index contributed by atoms with van der Waals surface area (Å²) in [6.07, 6.45) is 9.82. The maximum absolute atomic E-state index is 11.9. The monoisotopic (exact) mass is 333 g/mol. The number of hydrogen-bond donors (Lipinski definition) is 1. The van der Waals surface area contributed by atoms with Gasteiger partial charge in [-0.3, -0.25) is 4.79 Å². The average Bonchev–Trinajstić information content (AvgIpc) is 2.64. The van der Waals surface area contributed by atoms with E-state index in [1.807, 2.05) is 48.6 Å². The molecule has 1 N–H and O–H groups in total. The molecule has 0 aliphatic carbocycles. The molecule has 4 nitrogen and oxygen atoms in total. The van der Waals surface area contributed by atoms with Crippen molar-refractivity contribution in [2.45, 2.75) is 0 Å². The third kappa shape index (κ3) is 6.71. The summed E-state index contributed by atoms with van der Waals surface area (Å²) in [7, 11) is 1.32. The molecule has 4 heteroatoms. The first-order valence-corrected chi connectivity index (χ1v) is 7.74. The van der Waals surface area contributed by atoms with Crippen LogP contribution in [0.15, 0.2) is 78.9 Å². The van der Waals surface area contributed by atoms with E-state index in [2.05, 4.69) is 10.1 Å². The summed E-state index contributed by atoms with van der Waals surface area (Å²) in [4.78, 5) is 23.0. The van der Waals surface area contributed by atoms with Crippen molar-refractivity contribution in [2.24, 2.45) is 0 Å². The van der Waals surface area contributed by atoms with Crippen LogP contribution in [0.3, 0.4) is 0 Å². The van der Waals surface area contributed by atoms with Gasteiger partial charge in [-0.2, -0.15) is 0 Å². The van der Waals surface area contributed by atoms with Crippen molar-refractivity contribution in [1.29, 1.82) is 0 Å².